The summed E-state index contributed by atoms with van der Waals surface area (Å²) in [6.07, 6.45) is 3.10. The Morgan fingerprint density at radius 3 is 2.61 bits per heavy atom. The van der Waals surface area contributed by atoms with Crippen molar-refractivity contribution in [3.63, 3.8) is 0 Å². The maximum Gasteiger partial charge on any atom is 0.290 e. The van der Waals surface area contributed by atoms with Gasteiger partial charge in [0.2, 0.25) is 4.34 Å². The zero-order chi connectivity index (χ0) is 20.9. The number of thiazole rings is 1. The summed E-state index contributed by atoms with van der Waals surface area (Å²) >= 11 is 0.906. The van der Waals surface area contributed by atoms with Crippen molar-refractivity contribution in [3.05, 3.63) is 52.0 Å². The highest BCUT2D eigenvalue weighted by molar-refractivity contribution is 7.91. The molecule has 0 fully saturated rings. The van der Waals surface area contributed by atoms with E-state index in [9.17, 15) is 17.9 Å². The van der Waals surface area contributed by atoms with E-state index < -0.39 is 15.6 Å². The molecule has 2 aromatic rings. The number of aliphatic hydroxyl groups is 1. The predicted octanol–water partition coefficient (Wildman–Crippen LogP) is 3.98. The third-order valence-corrected chi connectivity index (χ3v) is 7.60. The Labute approximate surface area is 168 Å². The van der Waals surface area contributed by atoms with Crippen molar-refractivity contribution in [1.29, 1.82) is 0 Å². The number of sulfonamides is 1. The first-order chi connectivity index (χ1) is 12.9. The number of hydrogen-bond donors (Lipinski definition) is 3. The van der Waals surface area contributed by atoms with E-state index in [0.717, 1.165) is 16.9 Å². The molecule has 152 valence electrons. The number of nitrogens with one attached hydrogen (secondary N) is 2. The number of hydrogen-bond acceptors (Lipinski definition) is 6. The first kappa shape index (κ1) is 20.8. The highest BCUT2D eigenvalue weighted by Gasteiger charge is 2.28. The van der Waals surface area contributed by atoms with Crippen LogP contribution in [0.2, 0.25) is 0 Å². The SMILES string of the molecule is CC(C)c1c(F)ccc2c1NC(NS(=O)(=O)c1ncc(C(C)(C)O)s1)=CC2C. The number of anilines is 1. The molecule has 28 heavy (non-hydrogen) atoms. The van der Waals surface area contributed by atoms with E-state index in [4.69, 9.17) is 0 Å². The molecule has 2 heterocycles. The molecule has 0 amide bonds. The van der Waals surface area contributed by atoms with Gasteiger partial charge < -0.3 is 10.4 Å². The number of benzene rings is 1. The second-order valence-corrected chi connectivity index (χ2v) is 10.6. The van der Waals surface area contributed by atoms with Gasteiger partial charge in [0.1, 0.15) is 11.6 Å². The van der Waals surface area contributed by atoms with Gasteiger partial charge in [-0.15, -0.1) is 11.3 Å². The maximum absolute atomic E-state index is 14.4. The third-order valence-electron chi connectivity index (χ3n) is 4.53. The van der Waals surface area contributed by atoms with Crippen LogP contribution in [0, 0.1) is 5.82 Å². The van der Waals surface area contributed by atoms with Crippen LogP contribution < -0.4 is 10.0 Å². The number of nitrogens with zero attached hydrogens (tertiary/aromatic N) is 1. The molecule has 9 heteroatoms. The van der Waals surface area contributed by atoms with Gasteiger partial charge in [0.15, 0.2) is 0 Å². The van der Waals surface area contributed by atoms with Gasteiger partial charge in [0.05, 0.1) is 10.5 Å². The largest absolute Gasteiger partial charge is 0.385 e. The van der Waals surface area contributed by atoms with Crippen LogP contribution in [0.15, 0.2) is 34.6 Å². The number of halogens is 1. The van der Waals surface area contributed by atoms with Gasteiger partial charge in [0, 0.05) is 23.4 Å². The molecule has 0 aliphatic carbocycles. The molecular formula is C19H24FN3O3S2. The Morgan fingerprint density at radius 1 is 1.36 bits per heavy atom. The zero-order valence-electron chi connectivity index (χ0n) is 16.4. The Balaban J connectivity index is 1.93. The van der Waals surface area contributed by atoms with Gasteiger partial charge in [-0.05, 0) is 37.5 Å². The maximum atomic E-state index is 14.4. The summed E-state index contributed by atoms with van der Waals surface area (Å²) in [5, 5.41) is 13.1. The summed E-state index contributed by atoms with van der Waals surface area (Å²) in [5.74, 6) is -0.242. The molecule has 3 rings (SSSR count). The molecule has 1 aromatic heterocycles. The van der Waals surface area contributed by atoms with Gasteiger partial charge in [0.25, 0.3) is 10.0 Å². The van der Waals surface area contributed by atoms with Crippen molar-refractivity contribution in [3.8, 4) is 0 Å². The second-order valence-electron chi connectivity index (χ2n) is 7.73. The van der Waals surface area contributed by atoms with E-state index in [1.807, 2.05) is 20.8 Å². The van der Waals surface area contributed by atoms with Crippen molar-refractivity contribution in [1.82, 2.24) is 9.71 Å². The van der Waals surface area contributed by atoms with E-state index in [1.165, 1.54) is 12.3 Å². The smallest absolute Gasteiger partial charge is 0.290 e. The van der Waals surface area contributed by atoms with E-state index in [-0.39, 0.29) is 27.8 Å². The van der Waals surface area contributed by atoms with Crippen LogP contribution in [0.25, 0.3) is 0 Å². The lowest BCUT2D eigenvalue weighted by molar-refractivity contribution is 0.0823. The van der Waals surface area contributed by atoms with E-state index in [0.29, 0.717) is 16.1 Å². The Kier molecular flexibility index (Phi) is 5.28. The van der Waals surface area contributed by atoms with Crippen LogP contribution in [0.4, 0.5) is 10.1 Å². The molecule has 0 saturated carbocycles. The number of fused-ring (bicyclic) bond motifs is 1. The average Bonchev–Trinajstić information content (AvgIpc) is 3.04. The summed E-state index contributed by atoms with van der Waals surface area (Å²) in [5.41, 5.74) is 0.851. The first-order valence-electron chi connectivity index (χ1n) is 8.92. The fraction of sp³-hybridized carbons (Fsp3) is 0.421. The number of allylic oxidation sites excluding steroid dienone is 1. The van der Waals surface area contributed by atoms with E-state index in [1.54, 1.807) is 26.0 Å². The van der Waals surface area contributed by atoms with Crippen LogP contribution >= 0.6 is 11.3 Å². The number of aromatic nitrogens is 1. The van der Waals surface area contributed by atoms with Crippen LogP contribution in [0.3, 0.4) is 0 Å². The predicted molar refractivity (Wildman–Crippen MR) is 108 cm³/mol. The van der Waals surface area contributed by atoms with Crippen LogP contribution in [-0.4, -0.2) is 18.5 Å². The second kappa shape index (κ2) is 7.13. The molecule has 3 N–H and O–H groups in total. The quantitative estimate of drug-likeness (QED) is 0.674. The minimum absolute atomic E-state index is 0.0705. The van der Waals surface area contributed by atoms with Crippen molar-refractivity contribution >= 4 is 27.0 Å². The molecule has 1 atom stereocenters. The van der Waals surface area contributed by atoms with Crippen molar-refractivity contribution in [2.75, 3.05) is 5.32 Å². The zero-order valence-corrected chi connectivity index (χ0v) is 18.0. The Hall–Kier alpha value is -1.97. The lowest BCUT2D eigenvalue weighted by atomic mass is 9.89. The topological polar surface area (TPSA) is 91.3 Å². The summed E-state index contributed by atoms with van der Waals surface area (Å²) in [6, 6.07) is 3.16. The highest BCUT2D eigenvalue weighted by atomic mass is 32.2. The first-order valence-corrected chi connectivity index (χ1v) is 11.2. The summed E-state index contributed by atoms with van der Waals surface area (Å²) in [7, 11) is -3.95. The van der Waals surface area contributed by atoms with Crippen LogP contribution in [-0.2, 0) is 15.6 Å². The van der Waals surface area contributed by atoms with Crippen molar-refractivity contribution in [2.24, 2.45) is 0 Å². The summed E-state index contributed by atoms with van der Waals surface area (Å²) < 4.78 is 42.2. The molecule has 6 nitrogen and oxygen atoms in total. The molecule has 0 radical (unpaired) electrons. The fourth-order valence-corrected chi connectivity index (χ4v) is 5.29. The molecular weight excluding hydrogens is 401 g/mol. The third kappa shape index (κ3) is 3.92. The normalized spacial score (nSPS) is 17.1. The lowest BCUT2D eigenvalue weighted by Crippen LogP contribution is -2.30. The van der Waals surface area contributed by atoms with Crippen molar-refractivity contribution < 1.29 is 17.9 Å². The molecule has 0 spiro atoms. The standard InChI is InChI=1S/C19H24FN3O3S2/c1-10(2)16-13(20)7-6-12-11(3)8-15(22-17(12)16)23-28(25,26)18-21-9-14(27-18)19(4,5)24/h6-11,22-24H,1-5H3. The fourth-order valence-electron chi connectivity index (χ4n) is 3.12. The lowest BCUT2D eigenvalue weighted by Gasteiger charge is -2.27. The summed E-state index contributed by atoms with van der Waals surface area (Å²) in [4.78, 5) is 4.38. The molecule has 1 aromatic carbocycles. The Bertz CT molecular complexity index is 1040. The van der Waals surface area contributed by atoms with E-state index >= 15 is 0 Å². The minimum Gasteiger partial charge on any atom is -0.385 e. The van der Waals surface area contributed by atoms with Gasteiger partial charge in [-0.3, -0.25) is 4.72 Å². The monoisotopic (exact) mass is 425 g/mol. The van der Waals surface area contributed by atoms with Crippen molar-refractivity contribution in [2.45, 2.75) is 56.4 Å². The molecule has 0 bridgehead atoms. The van der Waals surface area contributed by atoms with Crippen LogP contribution in [0.1, 0.15) is 62.5 Å². The number of rotatable bonds is 5. The van der Waals surface area contributed by atoms with Crippen LogP contribution in [0.5, 0.6) is 0 Å². The van der Waals surface area contributed by atoms with Gasteiger partial charge in [-0.1, -0.05) is 26.8 Å². The van der Waals surface area contributed by atoms with Gasteiger partial charge in [-0.25, -0.2) is 9.37 Å². The minimum atomic E-state index is -3.95. The summed E-state index contributed by atoms with van der Waals surface area (Å²) in [6.45, 7) is 8.83. The Morgan fingerprint density at radius 2 is 2.04 bits per heavy atom. The highest BCUT2D eigenvalue weighted by Crippen LogP contribution is 2.39. The molecule has 1 unspecified atom stereocenters. The molecule has 1 aliphatic heterocycles. The van der Waals surface area contributed by atoms with Gasteiger partial charge in [-0.2, -0.15) is 8.42 Å². The average molecular weight is 426 g/mol. The van der Waals surface area contributed by atoms with Gasteiger partial charge >= 0.3 is 0 Å². The van der Waals surface area contributed by atoms with E-state index in [2.05, 4.69) is 15.0 Å². The molecule has 0 saturated heterocycles. The molecule has 1 aliphatic rings.